The summed E-state index contributed by atoms with van der Waals surface area (Å²) in [5, 5.41) is 7.29. The van der Waals surface area contributed by atoms with E-state index in [2.05, 4.69) is 22.1 Å². The van der Waals surface area contributed by atoms with Gasteiger partial charge in [0.05, 0.1) is 6.61 Å². The Hall–Kier alpha value is -2.43. The number of nitrogens with zero attached hydrogens (tertiary/aromatic N) is 2. The van der Waals surface area contributed by atoms with E-state index in [0.717, 1.165) is 12.8 Å². The van der Waals surface area contributed by atoms with Crippen LogP contribution in [0.3, 0.4) is 0 Å². The number of aryl methyl sites for hydroxylation is 1. The van der Waals surface area contributed by atoms with Crippen molar-refractivity contribution in [2.75, 3.05) is 6.61 Å². The maximum absolute atomic E-state index is 7.29. The first-order valence-electron chi connectivity index (χ1n) is 6.10. The van der Waals surface area contributed by atoms with Gasteiger partial charge in [0.1, 0.15) is 11.5 Å². The van der Waals surface area contributed by atoms with Crippen LogP contribution in [0.15, 0.2) is 42.6 Å². The maximum Gasteiger partial charge on any atom is 0.316 e. The predicted octanol–water partition coefficient (Wildman–Crippen LogP) is 1.77. The Balaban J connectivity index is 1.80. The molecule has 0 saturated carbocycles. The molecule has 0 unspecified atom stereocenters. The molecule has 0 amide bonds. The third-order valence-corrected chi connectivity index (χ3v) is 2.59. The van der Waals surface area contributed by atoms with E-state index in [1.54, 1.807) is 6.07 Å². The highest BCUT2D eigenvalue weighted by atomic mass is 16.5. The normalized spacial score (nSPS) is 10.1. The number of ether oxygens (including phenoxy) is 1. The van der Waals surface area contributed by atoms with Crippen LogP contribution in [0.5, 0.6) is 6.01 Å². The van der Waals surface area contributed by atoms with Crippen LogP contribution in [0.2, 0.25) is 0 Å². The summed E-state index contributed by atoms with van der Waals surface area (Å²) < 4.78 is 5.44. The summed E-state index contributed by atoms with van der Waals surface area (Å²) in [5.41, 5.74) is 7.02. The summed E-state index contributed by atoms with van der Waals surface area (Å²) >= 11 is 0. The second-order valence-corrected chi connectivity index (χ2v) is 4.08. The van der Waals surface area contributed by atoms with Crippen LogP contribution in [0.25, 0.3) is 0 Å². The van der Waals surface area contributed by atoms with E-state index >= 15 is 0 Å². The van der Waals surface area contributed by atoms with Gasteiger partial charge in [-0.05, 0) is 24.5 Å². The first kappa shape index (κ1) is 13.0. The Morgan fingerprint density at radius 2 is 2.00 bits per heavy atom. The fraction of sp³-hybridized carbons (Fsp3) is 0.214. The molecule has 1 aromatic heterocycles. The Kier molecular flexibility index (Phi) is 4.44. The van der Waals surface area contributed by atoms with Crippen molar-refractivity contribution in [3.05, 3.63) is 53.9 Å². The lowest BCUT2D eigenvalue weighted by Gasteiger charge is -2.05. The molecule has 0 aliphatic carbocycles. The van der Waals surface area contributed by atoms with Gasteiger partial charge in [0.15, 0.2) is 0 Å². The molecule has 1 aromatic carbocycles. The number of nitrogens with two attached hydrogens (primary N) is 1. The van der Waals surface area contributed by atoms with Gasteiger partial charge in [-0.15, -0.1) is 0 Å². The Labute approximate surface area is 112 Å². The molecule has 5 heteroatoms. The van der Waals surface area contributed by atoms with E-state index in [1.165, 1.54) is 11.8 Å². The zero-order valence-electron chi connectivity index (χ0n) is 10.5. The lowest BCUT2D eigenvalue weighted by molar-refractivity contribution is 0.286. The number of aromatic nitrogens is 2. The lowest BCUT2D eigenvalue weighted by Crippen LogP contribution is -2.14. The van der Waals surface area contributed by atoms with Crippen LogP contribution < -0.4 is 10.5 Å². The van der Waals surface area contributed by atoms with Gasteiger partial charge in [0.2, 0.25) is 0 Å². The number of nitrogen functional groups attached to an aromatic ring is 1. The van der Waals surface area contributed by atoms with Crippen molar-refractivity contribution in [2.45, 2.75) is 12.8 Å². The van der Waals surface area contributed by atoms with Crippen LogP contribution in [-0.4, -0.2) is 22.4 Å². The number of amidine groups is 1. The van der Waals surface area contributed by atoms with Crippen LogP contribution in [0.4, 0.5) is 0 Å². The van der Waals surface area contributed by atoms with Crippen LogP contribution in [0, 0.1) is 5.41 Å². The summed E-state index contributed by atoms with van der Waals surface area (Å²) in [5.74, 6) is -0.0865. The first-order valence-corrected chi connectivity index (χ1v) is 6.10. The van der Waals surface area contributed by atoms with Crippen molar-refractivity contribution in [3.8, 4) is 6.01 Å². The minimum atomic E-state index is -0.0865. The molecule has 98 valence electrons. The van der Waals surface area contributed by atoms with Gasteiger partial charge >= 0.3 is 6.01 Å². The molecule has 2 rings (SSSR count). The third-order valence-electron chi connectivity index (χ3n) is 2.59. The molecule has 0 radical (unpaired) electrons. The van der Waals surface area contributed by atoms with Gasteiger partial charge in [0.25, 0.3) is 0 Å². The van der Waals surface area contributed by atoms with E-state index in [-0.39, 0.29) is 11.8 Å². The lowest BCUT2D eigenvalue weighted by atomic mass is 10.1. The number of hydrogen-bond acceptors (Lipinski definition) is 4. The standard InChI is InChI=1S/C14H16N4O/c15-13(16)12-8-9-17-14(18-12)19-10-4-7-11-5-2-1-3-6-11/h1-3,5-6,8-9H,4,7,10H2,(H3,15,16). The molecule has 0 bridgehead atoms. The minimum absolute atomic E-state index is 0.0865. The topological polar surface area (TPSA) is 84.9 Å². The summed E-state index contributed by atoms with van der Waals surface area (Å²) in [6.07, 6.45) is 3.38. The second kappa shape index (κ2) is 6.49. The van der Waals surface area contributed by atoms with Gasteiger partial charge in [-0.2, -0.15) is 4.98 Å². The molecule has 3 N–H and O–H groups in total. The molecule has 0 spiro atoms. The molecule has 0 saturated heterocycles. The van der Waals surface area contributed by atoms with Gasteiger partial charge < -0.3 is 10.5 Å². The fourth-order valence-electron chi connectivity index (χ4n) is 1.64. The fourth-order valence-corrected chi connectivity index (χ4v) is 1.64. The summed E-state index contributed by atoms with van der Waals surface area (Å²) in [7, 11) is 0. The van der Waals surface area contributed by atoms with Crippen molar-refractivity contribution in [2.24, 2.45) is 5.73 Å². The van der Waals surface area contributed by atoms with E-state index in [1.807, 2.05) is 18.2 Å². The molecule has 5 nitrogen and oxygen atoms in total. The molecule has 19 heavy (non-hydrogen) atoms. The van der Waals surface area contributed by atoms with Crippen molar-refractivity contribution in [1.29, 1.82) is 5.41 Å². The average molecular weight is 256 g/mol. The molecular formula is C14H16N4O. The highest BCUT2D eigenvalue weighted by molar-refractivity contribution is 5.92. The summed E-state index contributed by atoms with van der Waals surface area (Å²) in [6.45, 7) is 0.538. The van der Waals surface area contributed by atoms with Gasteiger partial charge in [-0.3, -0.25) is 5.41 Å². The number of benzene rings is 1. The highest BCUT2D eigenvalue weighted by Crippen LogP contribution is 2.05. The molecule has 2 aromatic rings. The van der Waals surface area contributed by atoms with Crippen molar-refractivity contribution >= 4 is 5.84 Å². The smallest absolute Gasteiger partial charge is 0.316 e. The molecule has 0 aliphatic rings. The van der Waals surface area contributed by atoms with Crippen LogP contribution in [-0.2, 0) is 6.42 Å². The summed E-state index contributed by atoms with van der Waals surface area (Å²) in [4.78, 5) is 8.01. The maximum atomic E-state index is 7.29. The van der Waals surface area contributed by atoms with E-state index < -0.39 is 0 Å². The average Bonchev–Trinajstić information content (AvgIpc) is 2.45. The second-order valence-electron chi connectivity index (χ2n) is 4.08. The molecule has 0 atom stereocenters. The third kappa shape index (κ3) is 4.06. The summed E-state index contributed by atoms with van der Waals surface area (Å²) in [6, 6.07) is 12.1. The van der Waals surface area contributed by atoms with Gasteiger partial charge in [0, 0.05) is 6.20 Å². The number of nitrogens with one attached hydrogen (secondary N) is 1. The SMILES string of the molecule is N=C(N)c1ccnc(OCCCc2ccccc2)n1. The Bertz CT molecular complexity index is 542. The number of rotatable bonds is 6. The van der Waals surface area contributed by atoms with Crippen LogP contribution in [0.1, 0.15) is 17.7 Å². The van der Waals surface area contributed by atoms with Gasteiger partial charge in [-0.25, -0.2) is 4.98 Å². The van der Waals surface area contributed by atoms with E-state index in [9.17, 15) is 0 Å². The zero-order chi connectivity index (χ0) is 13.5. The van der Waals surface area contributed by atoms with Crippen molar-refractivity contribution in [3.63, 3.8) is 0 Å². The monoisotopic (exact) mass is 256 g/mol. The zero-order valence-corrected chi connectivity index (χ0v) is 10.5. The first-order chi connectivity index (χ1) is 9.25. The largest absolute Gasteiger partial charge is 0.463 e. The predicted molar refractivity (Wildman–Crippen MR) is 73.3 cm³/mol. The van der Waals surface area contributed by atoms with Gasteiger partial charge in [-0.1, -0.05) is 30.3 Å². The molecule has 0 aliphatic heterocycles. The Morgan fingerprint density at radius 1 is 1.21 bits per heavy atom. The van der Waals surface area contributed by atoms with Crippen molar-refractivity contribution < 1.29 is 4.74 Å². The Morgan fingerprint density at radius 3 is 2.74 bits per heavy atom. The molecular weight excluding hydrogens is 240 g/mol. The van der Waals surface area contributed by atoms with E-state index in [0.29, 0.717) is 12.3 Å². The molecule has 1 heterocycles. The molecule has 0 fully saturated rings. The highest BCUT2D eigenvalue weighted by Gasteiger charge is 2.02. The number of hydrogen-bond donors (Lipinski definition) is 2. The quantitative estimate of drug-likeness (QED) is 0.468. The van der Waals surface area contributed by atoms with Crippen LogP contribution >= 0.6 is 0 Å². The van der Waals surface area contributed by atoms with Crippen molar-refractivity contribution in [1.82, 2.24) is 9.97 Å². The minimum Gasteiger partial charge on any atom is -0.463 e. The van der Waals surface area contributed by atoms with E-state index in [4.69, 9.17) is 15.9 Å².